The van der Waals surface area contributed by atoms with Crippen molar-refractivity contribution in [3.8, 4) is 17.3 Å². The minimum atomic E-state index is -0.140. The van der Waals surface area contributed by atoms with Crippen molar-refractivity contribution in [2.75, 3.05) is 0 Å². The van der Waals surface area contributed by atoms with Crippen LogP contribution in [0.3, 0.4) is 0 Å². The highest BCUT2D eigenvalue weighted by atomic mass is 15.1. The molecule has 0 aliphatic heterocycles. The van der Waals surface area contributed by atoms with Crippen LogP contribution < -0.4 is 0 Å². The van der Waals surface area contributed by atoms with Crippen molar-refractivity contribution in [1.29, 1.82) is 5.26 Å². The highest BCUT2D eigenvalue weighted by Crippen LogP contribution is 2.26. The molecule has 15 heavy (non-hydrogen) atoms. The molecule has 74 valence electrons. The Morgan fingerprint density at radius 1 is 1.33 bits per heavy atom. The van der Waals surface area contributed by atoms with Crippen LogP contribution in [0, 0.1) is 11.3 Å². The lowest BCUT2D eigenvalue weighted by molar-refractivity contribution is 0.986. The third-order valence-electron chi connectivity index (χ3n) is 2.39. The Morgan fingerprint density at radius 2 is 2.07 bits per heavy atom. The van der Waals surface area contributed by atoms with E-state index < -0.39 is 0 Å². The van der Waals surface area contributed by atoms with Gasteiger partial charge < -0.3 is 0 Å². The highest BCUT2D eigenvalue weighted by molar-refractivity contribution is 5.63. The number of rotatable bonds is 2. The van der Waals surface area contributed by atoms with E-state index in [1.54, 1.807) is 6.20 Å². The van der Waals surface area contributed by atoms with Crippen LogP contribution in [0.15, 0.2) is 36.5 Å². The summed E-state index contributed by atoms with van der Waals surface area (Å²) in [6.07, 6.45) is 1.72. The molecule has 1 N–H and O–H groups in total. The maximum Gasteiger partial charge on any atom is 0.0721 e. The Kier molecular flexibility index (Phi) is 2.51. The van der Waals surface area contributed by atoms with Gasteiger partial charge in [-0.15, -0.1) is 0 Å². The summed E-state index contributed by atoms with van der Waals surface area (Å²) >= 11 is 0. The first kappa shape index (κ1) is 9.47. The van der Waals surface area contributed by atoms with Crippen LogP contribution >= 0.6 is 0 Å². The van der Waals surface area contributed by atoms with Crippen molar-refractivity contribution in [2.24, 2.45) is 0 Å². The minimum Gasteiger partial charge on any atom is -0.278 e. The minimum absolute atomic E-state index is 0.140. The van der Waals surface area contributed by atoms with Crippen LogP contribution in [0.4, 0.5) is 0 Å². The van der Waals surface area contributed by atoms with Gasteiger partial charge in [0.05, 0.1) is 23.9 Å². The summed E-state index contributed by atoms with van der Waals surface area (Å²) in [6, 6.07) is 12.1. The average Bonchev–Trinajstić information content (AvgIpc) is 2.78. The van der Waals surface area contributed by atoms with Crippen LogP contribution in [0.1, 0.15) is 18.4 Å². The summed E-state index contributed by atoms with van der Waals surface area (Å²) in [5.41, 5.74) is 2.94. The second-order valence-corrected chi connectivity index (χ2v) is 3.42. The van der Waals surface area contributed by atoms with E-state index in [1.807, 2.05) is 37.3 Å². The molecule has 0 aliphatic carbocycles. The number of benzene rings is 1. The first-order chi connectivity index (χ1) is 7.33. The number of hydrogen-bond acceptors (Lipinski definition) is 2. The molecule has 0 radical (unpaired) electrons. The van der Waals surface area contributed by atoms with E-state index in [4.69, 9.17) is 5.26 Å². The van der Waals surface area contributed by atoms with Gasteiger partial charge in [0.15, 0.2) is 0 Å². The molecule has 0 bridgehead atoms. The Bertz CT molecular complexity index is 479. The molecule has 1 heterocycles. The molecule has 0 spiro atoms. The smallest absolute Gasteiger partial charge is 0.0721 e. The summed E-state index contributed by atoms with van der Waals surface area (Å²) in [6.45, 7) is 1.87. The monoisotopic (exact) mass is 197 g/mol. The summed E-state index contributed by atoms with van der Waals surface area (Å²) in [5, 5.41) is 15.8. The standard InChI is InChI=1S/C12H11N3/c1-9(7-13)11-8-14-15-12(11)10-5-3-2-4-6-10/h2-6,8-9H,1H3,(H,14,15). The van der Waals surface area contributed by atoms with Crippen molar-refractivity contribution >= 4 is 0 Å². The summed E-state index contributed by atoms with van der Waals surface area (Å²) < 4.78 is 0. The lowest BCUT2D eigenvalue weighted by atomic mass is 9.99. The van der Waals surface area contributed by atoms with Crippen molar-refractivity contribution in [3.05, 3.63) is 42.1 Å². The van der Waals surface area contributed by atoms with Gasteiger partial charge in [-0.3, -0.25) is 5.10 Å². The van der Waals surface area contributed by atoms with Gasteiger partial charge in [-0.25, -0.2) is 0 Å². The van der Waals surface area contributed by atoms with E-state index in [2.05, 4.69) is 16.3 Å². The SMILES string of the molecule is CC(C#N)c1cn[nH]c1-c1ccccc1. The molecule has 1 unspecified atom stereocenters. The van der Waals surface area contributed by atoms with Gasteiger partial charge >= 0.3 is 0 Å². The molecule has 2 rings (SSSR count). The lowest BCUT2D eigenvalue weighted by Gasteiger charge is -2.03. The molecule has 2 aromatic rings. The molecule has 0 fully saturated rings. The predicted molar refractivity (Wildman–Crippen MR) is 58.1 cm³/mol. The second-order valence-electron chi connectivity index (χ2n) is 3.42. The summed E-state index contributed by atoms with van der Waals surface area (Å²) in [4.78, 5) is 0. The van der Waals surface area contributed by atoms with Crippen LogP contribution in [0.2, 0.25) is 0 Å². The van der Waals surface area contributed by atoms with E-state index >= 15 is 0 Å². The quantitative estimate of drug-likeness (QED) is 0.804. The van der Waals surface area contributed by atoms with E-state index in [0.717, 1.165) is 16.8 Å². The zero-order chi connectivity index (χ0) is 10.7. The van der Waals surface area contributed by atoms with E-state index in [-0.39, 0.29) is 5.92 Å². The predicted octanol–water partition coefficient (Wildman–Crippen LogP) is 2.70. The van der Waals surface area contributed by atoms with E-state index in [1.165, 1.54) is 0 Å². The van der Waals surface area contributed by atoms with Crippen molar-refractivity contribution < 1.29 is 0 Å². The van der Waals surface area contributed by atoms with Crippen LogP contribution in [0.25, 0.3) is 11.3 Å². The van der Waals surface area contributed by atoms with Crippen LogP contribution in [0.5, 0.6) is 0 Å². The Morgan fingerprint density at radius 3 is 2.73 bits per heavy atom. The van der Waals surface area contributed by atoms with Gasteiger partial charge in [-0.1, -0.05) is 30.3 Å². The van der Waals surface area contributed by atoms with Crippen molar-refractivity contribution in [3.63, 3.8) is 0 Å². The molecule has 1 aromatic carbocycles. The number of nitriles is 1. The maximum absolute atomic E-state index is 8.89. The van der Waals surface area contributed by atoms with Gasteiger partial charge in [0.1, 0.15) is 0 Å². The molecule has 1 atom stereocenters. The molecular formula is C12H11N3. The molecule has 0 saturated carbocycles. The topological polar surface area (TPSA) is 52.5 Å². The zero-order valence-corrected chi connectivity index (χ0v) is 8.44. The zero-order valence-electron chi connectivity index (χ0n) is 8.44. The fourth-order valence-electron chi connectivity index (χ4n) is 1.53. The third kappa shape index (κ3) is 1.75. The van der Waals surface area contributed by atoms with Crippen LogP contribution in [-0.2, 0) is 0 Å². The first-order valence-corrected chi connectivity index (χ1v) is 4.81. The van der Waals surface area contributed by atoms with Gasteiger partial charge in [0.25, 0.3) is 0 Å². The highest BCUT2D eigenvalue weighted by Gasteiger charge is 2.12. The molecular weight excluding hydrogens is 186 g/mol. The first-order valence-electron chi connectivity index (χ1n) is 4.81. The largest absolute Gasteiger partial charge is 0.278 e. The van der Waals surface area contributed by atoms with Crippen molar-refractivity contribution in [1.82, 2.24) is 10.2 Å². The number of aromatic nitrogens is 2. The molecule has 0 amide bonds. The lowest BCUT2D eigenvalue weighted by Crippen LogP contribution is -1.90. The fraction of sp³-hybridized carbons (Fsp3) is 0.167. The molecule has 1 aromatic heterocycles. The Hall–Kier alpha value is -2.08. The number of nitrogens with one attached hydrogen (secondary N) is 1. The number of nitrogens with zero attached hydrogens (tertiary/aromatic N) is 2. The Labute approximate surface area is 88.4 Å². The van der Waals surface area contributed by atoms with Crippen LogP contribution in [-0.4, -0.2) is 10.2 Å². The molecule has 0 saturated heterocycles. The van der Waals surface area contributed by atoms with Gasteiger partial charge in [0.2, 0.25) is 0 Å². The molecule has 3 heteroatoms. The van der Waals surface area contributed by atoms with E-state index in [0.29, 0.717) is 0 Å². The number of aromatic amines is 1. The van der Waals surface area contributed by atoms with Gasteiger partial charge in [0, 0.05) is 5.56 Å². The molecule has 3 nitrogen and oxygen atoms in total. The molecule has 0 aliphatic rings. The fourth-order valence-corrected chi connectivity index (χ4v) is 1.53. The third-order valence-corrected chi connectivity index (χ3v) is 2.39. The summed E-state index contributed by atoms with van der Waals surface area (Å²) in [7, 11) is 0. The van der Waals surface area contributed by atoms with Crippen molar-refractivity contribution in [2.45, 2.75) is 12.8 Å². The van der Waals surface area contributed by atoms with Gasteiger partial charge in [-0.2, -0.15) is 10.4 Å². The number of H-pyrrole nitrogens is 1. The average molecular weight is 197 g/mol. The van der Waals surface area contributed by atoms with E-state index in [9.17, 15) is 0 Å². The maximum atomic E-state index is 8.89. The number of hydrogen-bond donors (Lipinski definition) is 1. The van der Waals surface area contributed by atoms with Gasteiger partial charge in [-0.05, 0) is 12.5 Å². The Balaban J connectivity index is 2.47. The second kappa shape index (κ2) is 3.97. The normalized spacial score (nSPS) is 12.0. The summed E-state index contributed by atoms with van der Waals surface area (Å²) in [5.74, 6) is -0.140.